The molecule has 20 heavy (non-hydrogen) atoms. The van der Waals surface area contributed by atoms with E-state index in [2.05, 4.69) is 6.92 Å². The van der Waals surface area contributed by atoms with Crippen molar-refractivity contribution in [3.8, 4) is 5.75 Å². The van der Waals surface area contributed by atoms with Crippen molar-refractivity contribution in [2.45, 2.75) is 33.1 Å². The molecule has 0 heterocycles. The lowest BCUT2D eigenvalue weighted by molar-refractivity contribution is 0.0526. The smallest absolute Gasteiger partial charge is 0.338 e. The fourth-order valence-corrected chi connectivity index (χ4v) is 1.86. The van der Waals surface area contributed by atoms with Crippen molar-refractivity contribution in [3.63, 3.8) is 0 Å². The van der Waals surface area contributed by atoms with Crippen LogP contribution in [0.3, 0.4) is 0 Å². The standard InChI is InChI=1S/C16H24O4/c1-3-19-16(18)14-6-8-15(9-7-14)20-12-10-13(2)5-4-11-17/h6-9,13,17H,3-5,10-12H2,1-2H3/t13-/m0/s1. The zero-order valence-corrected chi connectivity index (χ0v) is 12.3. The molecule has 0 radical (unpaired) electrons. The normalized spacial score (nSPS) is 11.9. The van der Waals surface area contributed by atoms with E-state index < -0.39 is 0 Å². The Bertz CT molecular complexity index is 386. The molecule has 1 atom stereocenters. The molecule has 1 aromatic rings. The number of rotatable bonds is 9. The largest absolute Gasteiger partial charge is 0.494 e. The molecule has 0 saturated heterocycles. The highest BCUT2D eigenvalue weighted by Crippen LogP contribution is 2.15. The molecular weight excluding hydrogens is 256 g/mol. The highest BCUT2D eigenvalue weighted by molar-refractivity contribution is 5.89. The number of hydrogen-bond donors (Lipinski definition) is 1. The van der Waals surface area contributed by atoms with Crippen LogP contribution in [0.4, 0.5) is 0 Å². The van der Waals surface area contributed by atoms with Gasteiger partial charge in [0.05, 0.1) is 18.8 Å². The molecule has 4 heteroatoms. The first kappa shape index (κ1) is 16.5. The average molecular weight is 280 g/mol. The van der Waals surface area contributed by atoms with Gasteiger partial charge in [-0.1, -0.05) is 6.92 Å². The quantitative estimate of drug-likeness (QED) is 0.706. The van der Waals surface area contributed by atoms with Gasteiger partial charge < -0.3 is 14.6 Å². The van der Waals surface area contributed by atoms with Crippen molar-refractivity contribution in [1.82, 2.24) is 0 Å². The van der Waals surface area contributed by atoms with Gasteiger partial charge in [-0.25, -0.2) is 4.79 Å². The van der Waals surface area contributed by atoms with Crippen molar-refractivity contribution in [2.24, 2.45) is 5.92 Å². The Morgan fingerprint density at radius 1 is 1.25 bits per heavy atom. The van der Waals surface area contributed by atoms with E-state index in [0.717, 1.165) is 25.0 Å². The zero-order chi connectivity index (χ0) is 14.8. The summed E-state index contributed by atoms with van der Waals surface area (Å²) in [5, 5.41) is 8.76. The summed E-state index contributed by atoms with van der Waals surface area (Å²) < 4.78 is 10.6. The SMILES string of the molecule is CCOC(=O)c1ccc(OCC[C@@H](C)CCCO)cc1. The second-order valence-electron chi connectivity index (χ2n) is 4.85. The fraction of sp³-hybridized carbons (Fsp3) is 0.562. The van der Waals surface area contributed by atoms with Crippen LogP contribution in [0.1, 0.15) is 43.5 Å². The lowest BCUT2D eigenvalue weighted by Gasteiger charge is -2.11. The fourth-order valence-electron chi connectivity index (χ4n) is 1.86. The van der Waals surface area contributed by atoms with Gasteiger partial charge in [-0.2, -0.15) is 0 Å². The molecule has 0 fully saturated rings. The number of esters is 1. The van der Waals surface area contributed by atoms with Gasteiger partial charge in [0.2, 0.25) is 0 Å². The summed E-state index contributed by atoms with van der Waals surface area (Å²) in [6, 6.07) is 6.99. The first-order valence-electron chi connectivity index (χ1n) is 7.18. The van der Waals surface area contributed by atoms with E-state index in [9.17, 15) is 4.79 Å². The van der Waals surface area contributed by atoms with Crippen LogP contribution in [0.25, 0.3) is 0 Å². The van der Waals surface area contributed by atoms with Crippen LogP contribution in [0, 0.1) is 5.92 Å². The molecule has 112 valence electrons. The number of benzene rings is 1. The summed E-state index contributed by atoms with van der Waals surface area (Å²) in [4.78, 5) is 11.5. The second kappa shape index (κ2) is 9.37. The van der Waals surface area contributed by atoms with Crippen LogP contribution >= 0.6 is 0 Å². The van der Waals surface area contributed by atoms with Crippen LogP contribution in [-0.2, 0) is 4.74 Å². The van der Waals surface area contributed by atoms with Crippen LogP contribution in [-0.4, -0.2) is 30.9 Å². The third-order valence-corrected chi connectivity index (χ3v) is 3.10. The van der Waals surface area contributed by atoms with Crippen LogP contribution < -0.4 is 4.74 Å². The maximum Gasteiger partial charge on any atom is 0.338 e. The summed E-state index contributed by atoms with van der Waals surface area (Å²) in [5.74, 6) is 0.991. The lowest BCUT2D eigenvalue weighted by atomic mass is 10.0. The Hall–Kier alpha value is -1.55. The monoisotopic (exact) mass is 280 g/mol. The van der Waals surface area contributed by atoms with Gasteiger partial charge in [-0.15, -0.1) is 0 Å². The molecule has 0 aliphatic rings. The minimum Gasteiger partial charge on any atom is -0.494 e. The molecular formula is C16H24O4. The van der Waals surface area contributed by atoms with Crippen molar-refractivity contribution >= 4 is 5.97 Å². The van der Waals surface area contributed by atoms with Crippen molar-refractivity contribution in [2.75, 3.05) is 19.8 Å². The highest BCUT2D eigenvalue weighted by Gasteiger charge is 2.06. The molecule has 0 bridgehead atoms. The molecule has 0 amide bonds. The highest BCUT2D eigenvalue weighted by atomic mass is 16.5. The van der Waals surface area contributed by atoms with Gasteiger partial charge in [-0.3, -0.25) is 0 Å². The van der Waals surface area contributed by atoms with Gasteiger partial charge in [0.1, 0.15) is 5.75 Å². The molecule has 1 aromatic carbocycles. The van der Waals surface area contributed by atoms with Crippen LogP contribution in [0.2, 0.25) is 0 Å². The predicted octanol–water partition coefficient (Wildman–Crippen LogP) is 3.04. The molecule has 0 saturated carbocycles. The van der Waals surface area contributed by atoms with E-state index in [1.807, 2.05) is 0 Å². The Morgan fingerprint density at radius 2 is 1.95 bits per heavy atom. The number of ether oxygens (including phenoxy) is 2. The minimum absolute atomic E-state index is 0.251. The Labute approximate surface area is 120 Å². The molecule has 0 aromatic heterocycles. The number of carbonyl (C=O) groups excluding carboxylic acids is 1. The van der Waals surface area contributed by atoms with Gasteiger partial charge in [-0.05, 0) is 56.4 Å². The van der Waals surface area contributed by atoms with Crippen molar-refractivity contribution < 1.29 is 19.4 Å². The van der Waals surface area contributed by atoms with E-state index >= 15 is 0 Å². The average Bonchev–Trinajstić information content (AvgIpc) is 2.46. The summed E-state index contributed by atoms with van der Waals surface area (Å²) in [6.45, 7) is 5.21. The first-order chi connectivity index (χ1) is 9.67. The number of hydrogen-bond acceptors (Lipinski definition) is 4. The third kappa shape index (κ3) is 6.06. The van der Waals surface area contributed by atoms with E-state index in [-0.39, 0.29) is 12.6 Å². The van der Waals surface area contributed by atoms with Gasteiger partial charge in [0.15, 0.2) is 0 Å². The van der Waals surface area contributed by atoms with Gasteiger partial charge >= 0.3 is 5.97 Å². The molecule has 1 rings (SSSR count). The van der Waals surface area contributed by atoms with Gasteiger partial charge in [0.25, 0.3) is 0 Å². The predicted molar refractivity (Wildman–Crippen MR) is 78.0 cm³/mol. The van der Waals surface area contributed by atoms with E-state index in [1.54, 1.807) is 31.2 Å². The minimum atomic E-state index is -0.309. The molecule has 4 nitrogen and oxygen atoms in total. The molecule has 1 N–H and O–H groups in total. The molecule has 0 spiro atoms. The Balaban J connectivity index is 2.33. The summed E-state index contributed by atoms with van der Waals surface area (Å²) in [7, 11) is 0. The Kier molecular flexibility index (Phi) is 7.73. The van der Waals surface area contributed by atoms with Crippen molar-refractivity contribution in [3.05, 3.63) is 29.8 Å². The first-order valence-corrected chi connectivity index (χ1v) is 7.18. The van der Waals surface area contributed by atoms with Crippen LogP contribution in [0.5, 0.6) is 5.75 Å². The summed E-state index contributed by atoms with van der Waals surface area (Å²) in [6.07, 6.45) is 2.82. The topological polar surface area (TPSA) is 55.8 Å². The second-order valence-corrected chi connectivity index (χ2v) is 4.85. The van der Waals surface area contributed by atoms with E-state index in [0.29, 0.717) is 24.7 Å². The Morgan fingerprint density at radius 3 is 2.55 bits per heavy atom. The zero-order valence-electron chi connectivity index (χ0n) is 12.3. The molecule has 0 aliphatic carbocycles. The lowest BCUT2D eigenvalue weighted by Crippen LogP contribution is -2.06. The maximum absolute atomic E-state index is 11.5. The van der Waals surface area contributed by atoms with Crippen LogP contribution in [0.15, 0.2) is 24.3 Å². The molecule has 0 aliphatic heterocycles. The van der Waals surface area contributed by atoms with E-state index in [4.69, 9.17) is 14.6 Å². The van der Waals surface area contributed by atoms with Crippen molar-refractivity contribution in [1.29, 1.82) is 0 Å². The number of carbonyl (C=O) groups is 1. The van der Waals surface area contributed by atoms with Gasteiger partial charge in [0, 0.05) is 6.61 Å². The maximum atomic E-state index is 11.5. The van der Waals surface area contributed by atoms with E-state index in [1.165, 1.54) is 0 Å². The number of aliphatic hydroxyl groups excluding tert-OH is 1. The summed E-state index contributed by atoms with van der Waals surface area (Å²) >= 11 is 0. The third-order valence-electron chi connectivity index (χ3n) is 3.10. The number of aliphatic hydroxyl groups is 1. The summed E-state index contributed by atoms with van der Waals surface area (Å²) in [5.41, 5.74) is 0.538. The molecule has 0 unspecified atom stereocenters.